The van der Waals surface area contributed by atoms with Gasteiger partial charge in [0.2, 0.25) is 0 Å². The molecule has 2 aliphatic rings. The van der Waals surface area contributed by atoms with Gasteiger partial charge in [-0.15, -0.1) is 0 Å². The second-order valence-electron chi connectivity index (χ2n) is 6.18. The van der Waals surface area contributed by atoms with E-state index in [0.29, 0.717) is 0 Å². The van der Waals surface area contributed by atoms with Crippen molar-refractivity contribution in [3.05, 3.63) is 0 Å². The van der Waals surface area contributed by atoms with E-state index in [-0.39, 0.29) is 5.54 Å². The summed E-state index contributed by atoms with van der Waals surface area (Å²) in [5.41, 5.74) is 6.26. The molecule has 2 heteroatoms. The molecule has 0 heterocycles. The standard InChI is InChI=1S/C14H28N2/c1-12-6-8-14(11-15,9-7-12)16-10-2-3-13-4-5-13/h12-13,16H,2-11,15H2,1H3. The lowest BCUT2D eigenvalue weighted by atomic mass is 9.77. The van der Waals surface area contributed by atoms with Crippen LogP contribution >= 0.6 is 0 Å². The van der Waals surface area contributed by atoms with Gasteiger partial charge in [0, 0.05) is 12.1 Å². The van der Waals surface area contributed by atoms with Gasteiger partial charge in [-0.3, -0.25) is 0 Å². The van der Waals surface area contributed by atoms with E-state index in [9.17, 15) is 0 Å². The first kappa shape index (κ1) is 12.4. The summed E-state index contributed by atoms with van der Waals surface area (Å²) in [6, 6.07) is 0. The number of rotatable bonds is 6. The minimum absolute atomic E-state index is 0.288. The van der Waals surface area contributed by atoms with Crippen molar-refractivity contribution in [2.24, 2.45) is 17.6 Å². The zero-order valence-electron chi connectivity index (χ0n) is 10.8. The molecule has 0 atom stereocenters. The van der Waals surface area contributed by atoms with Crippen LogP contribution < -0.4 is 11.1 Å². The van der Waals surface area contributed by atoms with Crippen molar-refractivity contribution in [1.29, 1.82) is 0 Å². The molecule has 0 aliphatic heterocycles. The van der Waals surface area contributed by atoms with Gasteiger partial charge in [0.15, 0.2) is 0 Å². The predicted molar refractivity (Wildman–Crippen MR) is 69.4 cm³/mol. The Hall–Kier alpha value is -0.0800. The Labute approximate surface area is 100 Å². The smallest absolute Gasteiger partial charge is 0.0304 e. The van der Waals surface area contributed by atoms with Gasteiger partial charge in [-0.2, -0.15) is 0 Å². The summed E-state index contributed by atoms with van der Waals surface area (Å²) in [6.45, 7) is 4.37. The van der Waals surface area contributed by atoms with Crippen LogP contribution in [-0.2, 0) is 0 Å². The molecule has 0 unspecified atom stereocenters. The quantitative estimate of drug-likeness (QED) is 0.681. The Morgan fingerprint density at radius 2 is 1.88 bits per heavy atom. The van der Waals surface area contributed by atoms with Crippen LogP contribution in [0, 0.1) is 11.8 Å². The first-order valence-electron chi connectivity index (χ1n) is 7.19. The molecular formula is C14H28N2. The van der Waals surface area contributed by atoms with Gasteiger partial charge < -0.3 is 11.1 Å². The Morgan fingerprint density at radius 3 is 2.44 bits per heavy atom. The molecule has 2 nitrogen and oxygen atoms in total. The molecule has 0 radical (unpaired) electrons. The first-order valence-corrected chi connectivity index (χ1v) is 7.19. The van der Waals surface area contributed by atoms with E-state index in [2.05, 4.69) is 12.2 Å². The lowest BCUT2D eigenvalue weighted by Gasteiger charge is -2.39. The van der Waals surface area contributed by atoms with Gasteiger partial charge in [-0.1, -0.05) is 19.8 Å². The van der Waals surface area contributed by atoms with Gasteiger partial charge in [0.1, 0.15) is 0 Å². The Bertz CT molecular complexity index is 203. The summed E-state index contributed by atoms with van der Waals surface area (Å²) in [5.74, 6) is 1.98. The molecule has 0 aromatic heterocycles. The van der Waals surface area contributed by atoms with Crippen LogP contribution in [0.3, 0.4) is 0 Å². The van der Waals surface area contributed by atoms with Crippen LogP contribution in [0.4, 0.5) is 0 Å². The molecular weight excluding hydrogens is 196 g/mol. The van der Waals surface area contributed by atoms with Crippen molar-refractivity contribution in [2.75, 3.05) is 13.1 Å². The third kappa shape index (κ3) is 3.46. The molecule has 0 bridgehead atoms. The molecule has 0 saturated heterocycles. The summed E-state index contributed by atoms with van der Waals surface area (Å²) in [6.07, 6.45) is 11.0. The monoisotopic (exact) mass is 224 g/mol. The third-order valence-electron chi connectivity index (χ3n) is 4.61. The molecule has 2 aliphatic carbocycles. The maximum atomic E-state index is 5.98. The molecule has 2 fully saturated rings. The van der Waals surface area contributed by atoms with Crippen LogP contribution in [0.1, 0.15) is 58.3 Å². The minimum atomic E-state index is 0.288. The van der Waals surface area contributed by atoms with Crippen LogP contribution in [-0.4, -0.2) is 18.6 Å². The van der Waals surface area contributed by atoms with Gasteiger partial charge in [-0.05, 0) is 56.9 Å². The topological polar surface area (TPSA) is 38.0 Å². The molecule has 94 valence electrons. The predicted octanol–water partition coefficient (Wildman–Crippen LogP) is 2.67. The van der Waals surface area contributed by atoms with Crippen LogP contribution in [0.15, 0.2) is 0 Å². The summed E-state index contributed by atoms with van der Waals surface area (Å²) >= 11 is 0. The zero-order chi connectivity index (χ0) is 11.4. The Morgan fingerprint density at radius 1 is 1.19 bits per heavy atom. The maximum absolute atomic E-state index is 5.98. The van der Waals surface area contributed by atoms with Crippen molar-refractivity contribution < 1.29 is 0 Å². The number of nitrogens with one attached hydrogen (secondary N) is 1. The summed E-state index contributed by atoms with van der Waals surface area (Å²) < 4.78 is 0. The fraction of sp³-hybridized carbons (Fsp3) is 1.00. The van der Waals surface area contributed by atoms with Gasteiger partial charge in [0.25, 0.3) is 0 Å². The first-order chi connectivity index (χ1) is 7.74. The van der Waals surface area contributed by atoms with Crippen LogP contribution in [0.2, 0.25) is 0 Å². The second kappa shape index (κ2) is 5.50. The van der Waals surface area contributed by atoms with E-state index in [1.807, 2.05) is 0 Å². The van der Waals surface area contributed by atoms with E-state index >= 15 is 0 Å². The molecule has 2 rings (SSSR count). The highest BCUT2D eigenvalue weighted by atomic mass is 15.0. The van der Waals surface area contributed by atoms with E-state index in [1.54, 1.807) is 0 Å². The van der Waals surface area contributed by atoms with Gasteiger partial charge >= 0.3 is 0 Å². The number of nitrogens with two attached hydrogens (primary N) is 1. The normalized spacial score (nSPS) is 35.2. The molecule has 16 heavy (non-hydrogen) atoms. The summed E-state index contributed by atoms with van der Waals surface area (Å²) in [4.78, 5) is 0. The Kier molecular flexibility index (Phi) is 4.26. The number of hydrogen-bond donors (Lipinski definition) is 2. The molecule has 2 saturated carbocycles. The SMILES string of the molecule is CC1CCC(CN)(NCCCC2CC2)CC1. The van der Waals surface area contributed by atoms with Crippen LogP contribution in [0.5, 0.6) is 0 Å². The van der Waals surface area contributed by atoms with E-state index < -0.39 is 0 Å². The highest BCUT2D eigenvalue weighted by Crippen LogP contribution is 2.34. The average molecular weight is 224 g/mol. The highest BCUT2D eigenvalue weighted by Gasteiger charge is 2.32. The summed E-state index contributed by atoms with van der Waals surface area (Å²) in [7, 11) is 0. The lowest BCUT2D eigenvalue weighted by Crippen LogP contribution is -2.53. The van der Waals surface area contributed by atoms with Gasteiger partial charge in [-0.25, -0.2) is 0 Å². The maximum Gasteiger partial charge on any atom is 0.0304 e. The van der Waals surface area contributed by atoms with Crippen molar-refractivity contribution >= 4 is 0 Å². The molecule has 0 spiro atoms. The molecule has 3 N–H and O–H groups in total. The molecule has 0 aromatic carbocycles. The van der Waals surface area contributed by atoms with E-state index in [0.717, 1.165) is 18.4 Å². The fourth-order valence-corrected chi connectivity index (χ4v) is 2.92. The van der Waals surface area contributed by atoms with Crippen molar-refractivity contribution in [2.45, 2.75) is 63.8 Å². The van der Waals surface area contributed by atoms with E-state index in [1.165, 1.54) is 57.9 Å². The molecule has 0 aromatic rings. The van der Waals surface area contributed by atoms with Gasteiger partial charge in [0.05, 0.1) is 0 Å². The van der Waals surface area contributed by atoms with Crippen LogP contribution in [0.25, 0.3) is 0 Å². The second-order valence-corrected chi connectivity index (χ2v) is 6.18. The minimum Gasteiger partial charge on any atom is -0.329 e. The van der Waals surface area contributed by atoms with E-state index in [4.69, 9.17) is 5.73 Å². The van der Waals surface area contributed by atoms with Crippen molar-refractivity contribution in [3.63, 3.8) is 0 Å². The third-order valence-corrected chi connectivity index (χ3v) is 4.61. The average Bonchev–Trinajstić information content (AvgIpc) is 3.12. The largest absolute Gasteiger partial charge is 0.329 e. The zero-order valence-corrected chi connectivity index (χ0v) is 10.8. The number of hydrogen-bond acceptors (Lipinski definition) is 2. The van der Waals surface area contributed by atoms with Crippen molar-refractivity contribution in [1.82, 2.24) is 5.32 Å². The van der Waals surface area contributed by atoms with Crippen molar-refractivity contribution in [3.8, 4) is 0 Å². The Balaban J connectivity index is 1.66. The highest BCUT2D eigenvalue weighted by molar-refractivity contribution is 4.93. The summed E-state index contributed by atoms with van der Waals surface area (Å²) in [5, 5.41) is 3.76. The fourth-order valence-electron chi connectivity index (χ4n) is 2.92. The molecule has 0 amide bonds. The lowest BCUT2D eigenvalue weighted by molar-refractivity contribution is 0.201.